The van der Waals surface area contributed by atoms with Crippen LogP contribution in [0.2, 0.25) is 0 Å². The number of nitrogens with one attached hydrogen (secondary N) is 1. The van der Waals surface area contributed by atoms with Gasteiger partial charge >= 0.3 is 0 Å². The van der Waals surface area contributed by atoms with E-state index in [0.29, 0.717) is 19.0 Å². The molecule has 0 radical (unpaired) electrons. The third-order valence-electron chi connectivity index (χ3n) is 3.65. The maximum Gasteiger partial charge on any atom is 0.288 e. The van der Waals surface area contributed by atoms with Gasteiger partial charge in [0.1, 0.15) is 0 Å². The number of carbonyl (C=O) groups excluding carboxylic acids is 4. The van der Waals surface area contributed by atoms with E-state index >= 15 is 0 Å². The van der Waals surface area contributed by atoms with Gasteiger partial charge in [-0.2, -0.15) is 0 Å². The summed E-state index contributed by atoms with van der Waals surface area (Å²) >= 11 is 0.977. The van der Waals surface area contributed by atoms with E-state index in [-0.39, 0.29) is 54.1 Å². The Morgan fingerprint density at radius 2 is 2.05 bits per heavy atom. The lowest BCUT2D eigenvalue weighted by Crippen LogP contribution is -2.40. The molecule has 2 aliphatic rings. The highest BCUT2D eigenvalue weighted by atomic mass is 32.2. The van der Waals surface area contributed by atoms with Crippen LogP contribution in [0.5, 0.6) is 0 Å². The van der Waals surface area contributed by atoms with Gasteiger partial charge in [0.2, 0.25) is 17.7 Å². The summed E-state index contributed by atoms with van der Waals surface area (Å²) in [5.74, 6) is -0.195. The summed E-state index contributed by atoms with van der Waals surface area (Å²) in [6.45, 7) is 5.58. The molecule has 0 saturated carbocycles. The minimum atomic E-state index is -0.342. The fraction of sp³-hybridized carbons (Fsp3) is 0.714. The Kier molecular flexibility index (Phi) is 5.44. The molecule has 1 atom stereocenters. The first-order valence-corrected chi connectivity index (χ1v) is 8.39. The van der Waals surface area contributed by atoms with Crippen molar-refractivity contribution in [2.45, 2.75) is 20.3 Å². The highest BCUT2D eigenvalue weighted by molar-refractivity contribution is 8.14. The summed E-state index contributed by atoms with van der Waals surface area (Å²) in [6.07, 6.45) is 0.232. The number of hydrogen-bond acceptors (Lipinski definition) is 5. The van der Waals surface area contributed by atoms with Gasteiger partial charge in [-0.25, -0.2) is 0 Å². The van der Waals surface area contributed by atoms with Crippen molar-refractivity contribution in [2.24, 2.45) is 11.8 Å². The Balaban J connectivity index is 1.75. The maximum absolute atomic E-state index is 12.1. The van der Waals surface area contributed by atoms with Gasteiger partial charge < -0.3 is 10.2 Å². The standard InChI is InChI=1S/C14H21N3O4S/c1-9(2)6-16-7-10(5-11(16)18)13(20)15-3-4-17-12(19)8-22-14(17)21/h9-10H,3-8H2,1-2H3,(H,15,20). The highest BCUT2D eigenvalue weighted by Gasteiger charge is 2.34. The molecule has 8 heteroatoms. The molecule has 4 amide bonds. The van der Waals surface area contributed by atoms with Gasteiger partial charge in [0.15, 0.2) is 0 Å². The van der Waals surface area contributed by atoms with Gasteiger partial charge in [-0.15, -0.1) is 0 Å². The van der Waals surface area contributed by atoms with Crippen molar-refractivity contribution in [2.75, 3.05) is 31.9 Å². The average molecular weight is 327 g/mol. The van der Waals surface area contributed by atoms with Gasteiger partial charge in [0.25, 0.3) is 5.24 Å². The first-order valence-electron chi connectivity index (χ1n) is 7.41. The fourth-order valence-electron chi connectivity index (χ4n) is 2.60. The molecule has 7 nitrogen and oxygen atoms in total. The minimum Gasteiger partial charge on any atom is -0.354 e. The van der Waals surface area contributed by atoms with Crippen molar-refractivity contribution in [3.63, 3.8) is 0 Å². The van der Waals surface area contributed by atoms with E-state index in [1.165, 1.54) is 0 Å². The lowest BCUT2D eigenvalue weighted by molar-refractivity contribution is -0.129. The predicted octanol–water partition coefficient (Wildman–Crippen LogP) is 0.302. The molecule has 0 bridgehead atoms. The fourth-order valence-corrected chi connectivity index (χ4v) is 3.35. The topological polar surface area (TPSA) is 86.8 Å². The van der Waals surface area contributed by atoms with Crippen LogP contribution in [-0.2, 0) is 14.4 Å². The Labute approximate surface area is 133 Å². The minimum absolute atomic E-state index is 0.00940. The first-order chi connectivity index (χ1) is 10.4. The molecule has 2 heterocycles. The smallest absolute Gasteiger partial charge is 0.288 e. The Morgan fingerprint density at radius 1 is 1.32 bits per heavy atom. The van der Waals surface area contributed by atoms with E-state index in [4.69, 9.17) is 0 Å². The molecule has 0 aromatic rings. The van der Waals surface area contributed by atoms with Crippen LogP contribution < -0.4 is 5.32 Å². The summed E-state index contributed by atoms with van der Waals surface area (Å²) in [6, 6.07) is 0. The molecule has 2 fully saturated rings. The molecule has 1 unspecified atom stereocenters. The number of rotatable bonds is 6. The van der Waals surface area contributed by atoms with E-state index in [1.54, 1.807) is 4.90 Å². The molecular weight excluding hydrogens is 306 g/mol. The summed E-state index contributed by atoms with van der Waals surface area (Å²) in [4.78, 5) is 49.6. The lowest BCUT2D eigenvalue weighted by atomic mass is 10.1. The van der Waals surface area contributed by atoms with Gasteiger partial charge in [-0.05, 0) is 5.92 Å². The van der Waals surface area contributed by atoms with Crippen molar-refractivity contribution >= 4 is 34.7 Å². The first kappa shape index (κ1) is 16.8. The molecule has 2 aliphatic heterocycles. The molecule has 0 aromatic carbocycles. The molecule has 2 saturated heterocycles. The molecular formula is C14H21N3O4S. The van der Waals surface area contributed by atoms with Crippen LogP contribution in [0.15, 0.2) is 0 Å². The zero-order valence-electron chi connectivity index (χ0n) is 12.8. The van der Waals surface area contributed by atoms with Crippen molar-refractivity contribution in [1.29, 1.82) is 0 Å². The van der Waals surface area contributed by atoms with Crippen molar-refractivity contribution in [3.05, 3.63) is 0 Å². The van der Waals surface area contributed by atoms with Crippen LogP contribution in [0.1, 0.15) is 20.3 Å². The van der Waals surface area contributed by atoms with Gasteiger partial charge in [0.05, 0.1) is 11.7 Å². The van der Waals surface area contributed by atoms with Gasteiger partial charge in [-0.1, -0.05) is 25.6 Å². The van der Waals surface area contributed by atoms with Crippen LogP contribution in [0.4, 0.5) is 4.79 Å². The second kappa shape index (κ2) is 7.13. The number of hydrogen-bond donors (Lipinski definition) is 1. The lowest BCUT2D eigenvalue weighted by Gasteiger charge is -2.19. The Bertz CT molecular complexity index is 478. The number of likely N-dealkylation sites (tertiary alicyclic amines) is 1. The van der Waals surface area contributed by atoms with Gasteiger partial charge in [-0.3, -0.25) is 24.1 Å². The number of imide groups is 1. The molecule has 0 aliphatic carbocycles. The van der Waals surface area contributed by atoms with E-state index in [1.807, 2.05) is 13.8 Å². The zero-order chi connectivity index (χ0) is 16.3. The second-order valence-corrected chi connectivity index (χ2v) is 6.91. The summed E-state index contributed by atoms with van der Waals surface area (Å²) in [5, 5.41) is 2.45. The van der Waals surface area contributed by atoms with Crippen molar-refractivity contribution in [3.8, 4) is 0 Å². The van der Waals surface area contributed by atoms with E-state index in [2.05, 4.69) is 5.32 Å². The Morgan fingerprint density at radius 3 is 2.64 bits per heavy atom. The number of amides is 4. The van der Waals surface area contributed by atoms with E-state index in [0.717, 1.165) is 16.7 Å². The van der Waals surface area contributed by atoms with Crippen molar-refractivity contribution in [1.82, 2.24) is 15.1 Å². The normalized spacial score (nSPS) is 22.1. The quantitative estimate of drug-likeness (QED) is 0.758. The molecule has 0 spiro atoms. The number of nitrogens with zero attached hydrogens (tertiary/aromatic N) is 2. The summed E-state index contributed by atoms with van der Waals surface area (Å²) in [7, 11) is 0. The predicted molar refractivity (Wildman–Crippen MR) is 82.1 cm³/mol. The molecule has 1 N–H and O–H groups in total. The monoisotopic (exact) mass is 327 g/mol. The SMILES string of the molecule is CC(C)CN1CC(C(=O)NCCN2C(=O)CSC2=O)CC1=O. The average Bonchev–Trinajstić information content (AvgIpc) is 2.95. The van der Waals surface area contributed by atoms with Gasteiger partial charge in [0, 0.05) is 32.6 Å². The summed E-state index contributed by atoms with van der Waals surface area (Å²) < 4.78 is 0. The third-order valence-corrected chi connectivity index (χ3v) is 4.50. The molecule has 2 rings (SSSR count). The maximum atomic E-state index is 12.1. The Hall–Kier alpha value is -1.57. The molecule has 0 aromatic heterocycles. The highest BCUT2D eigenvalue weighted by Crippen LogP contribution is 2.20. The van der Waals surface area contributed by atoms with E-state index < -0.39 is 0 Å². The molecule has 122 valence electrons. The summed E-state index contributed by atoms with van der Waals surface area (Å²) in [5.41, 5.74) is 0. The zero-order valence-corrected chi connectivity index (χ0v) is 13.6. The van der Waals surface area contributed by atoms with Crippen molar-refractivity contribution < 1.29 is 19.2 Å². The second-order valence-electron chi connectivity index (χ2n) is 5.98. The van der Waals surface area contributed by atoms with Crippen LogP contribution in [0.3, 0.4) is 0 Å². The largest absolute Gasteiger partial charge is 0.354 e. The molecule has 22 heavy (non-hydrogen) atoms. The van der Waals surface area contributed by atoms with Crippen LogP contribution in [-0.4, -0.2) is 64.7 Å². The third kappa shape index (κ3) is 4.00. The number of carbonyl (C=O) groups is 4. The number of thioether (sulfide) groups is 1. The van der Waals surface area contributed by atoms with Crippen LogP contribution >= 0.6 is 11.8 Å². The van der Waals surface area contributed by atoms with Crippen LogP contribution in [0, 0.1) is 11.8 Å². The van der Waals surface area contributed by atoms with Crippen LogP contribution in [0.25, 0.3) is 0 Å². The van der Waals surface area contributed by atoms with E-state index in [9.17, 15) is 19.2 Å².